The highest BCUT2D eigenvalue weighted by Gasteiger charge is 2.15. The summed E-state index contributed by atoms with van der Waals surface area (Å²) in [7, 11) is 0. The van der Waals surface area contributed by atoms with Crippen molar-refractivity contribution >= 4 is 11.3 Å². The summed E-state index contributed by atoms with van der Waals surface area (Å²) in [6.07, 6.45) is 0. The van der Waals surface area contributed by atoms with Gasteiger partial charge in [-0.2, -0.15) is 0 Å². The molecule has 0 radical (unpaired) electrons. The van der Waals surface area contributed by atoms with Gasteiger partial charge < -0.3 is 10.5 Å². The van der Waals surface area contributed by atoms with E-state index < -0.39 is 0 Å². The topological polar surface area (TPSA) is 48.1 Å². The van der Waals surface area contributed by atoms with Gasteiger partial charge in [0.05, 0.1) is 18.3 Å². The maximum absolute atomic E-state index is 5.89. The van der Waals surface area contributed by atoms with Crippen LogP contribution in [0.5, 0.6) is 5.75 Å². The molecule has 2 aromatic rings. The van der Waals surface area contributed by atoms with Gasteiger partial charge in [-0.05, 0) is 57.4 Å². The average molecular weight is 290 g/mol. The second-order valence-corrected chi connectivity index (χ2v) is 6.00. The summed E-state index contributed by atoms with van der Waals surface area (Å²) in [6, 6.07) is 2.15. The van der Waals surface area contributed by atoms with Crippen LogP contribution in [0.3, 0.4) is 0 Å². The van der Waals surface area contributed by atoms with E-state index in [1.807, 2.05) is 13.8 Å². The van der Waals surface area contributed by atoms with Crippen LogP contribution < -0.4 is 10.5 Å². The van der Waals surface area contributed by atoms with Gasteiger partial charge in [0.1, 0.15) is 10.8 Å². The molecule has 1 atom stereocenters. The van der Waals surface area contributed by atoms with E-state index in [9.17, 15) is 0 Å². The Hall–Kier alpha value is -1.39. The summed E-state index contributed by atoms with van der Waals surface area (Å²) >= 11 is 1.62. The van der Waals surface area contributed by atoms with E-state index in [1.54, 1.807) is 11.3 Å². The molecule has 0 spiro atoms. The van der Waals surface area contributed by atoms with Crippen molar-refractivity contribution in [2.75, 3.05) is 6.61 Å². The number of nitrogens with zero attached hydrogens (tertiary/aromatic N) is 1. The van der Waals surface area contributed by atoms with E-state index >= 15 is 0 Å². The van der Waals surface area contributed by atoms with Crippen LogP contribution in [0.4, 0.5) is 0 Å². The third-order valence-corrected chi connectivity index (χ3v) is 4.55. The zero-order valence-electron chi connectivity index (χ0n) is 12.8. The number of hydrogen-bond acceptors (Lipinski definition) is 4. The molecule has 1 aromatic carbocycles. The molecule has 4 heteroatoms. The highest BCUT2D eigenvalue weighted by atomic mass is 32.1. The van der Waals surface area contributed by atoms with Crippen molar-refractivity contribution in [1.82, 2.24) is 4.98 Å². The predicted molar refractivity (Wildman–Crippen MR) is 85.5 cm³/mol. The summed E-state index contributed by atoms with van der Waals surface area (Å²) in [4.78, 5) is 4.65. The van der Waals surface area contributed by atoms with Crippen LogP contribution >= 0.6 is 11.3 Å². The van der Waals surface area contributed by atoms with Crippen LogP contribution in [0.1, 0.15) is 41.6 Å². The maximum Gasteiger partial charge on any atom is 0.125 e. The first kappa shape index (κ1) is 15.0. The third kappa shape index (κ3) is 2.72. The Kier molecular flexibility index (Phi) is 4.45. The minimum atomic E-state index is -0.0149. The van der Waals surface area contributed by atoms with Gasteiger partial charge in [0.15, 0.2) is 0 Å². The van der Waals surface area contributed by atoms with E-state index in [1.165, 1.54) is 16.7 Å². The van der Waals surface area contributed by atoms with E-state index in [-0.39, 0.29) is 6.04 Å². The minimum Gasteiger partial charge on any atom is -0.493 e. The summed E-state index contributed by atoms with van der Waals surface area (Å²) in [5, 5.41) is 3.06. The van der Waals surface area contributed by atoms with E-state index in [2.05, 4.69) is 37.2 Å². The van der Waals surface area contributed by atoms with E-state index in [4.69, 9.17) is 10.5 Å². The summed E-state index contributed by atoms with van der Waals surface area (Å²) in [5.41, 5.74) is 11.6. The molecule has 2 rings (SSSR count). The Labute approximate surface area is 124 Å². The zero-order chi connectivity index (χ0) is 14.9. The fourth-order valence-corrected chi connectivity index (χ4v) is 3.09. The highest BCUT2D eigenvalue weighted by molar-refractivity contribution is 7.10. The second-order valence-electron chi connectivity index (χ2n) is 5.11. The first-order valence-corrected chi connectivity index (χ1v) is 7.78. The van der Waals surface area contributed by atoms with Gasteiger partial charge >= 0.3 is 0 Å². The predicted octanol–water partition coefficient (Wildman–Crippen LogP) is 4.15. The summed E-state index contributed by atoms with van der Waals surface area (Å²) in [6.45, 7) is 11.0. The van der Waals surface area contributed by atoms with Gasteiger partial charge in [0, 0.05) is 10.9 Å². The number of hydrogen-bond donors (Lipinski definition) is 1. The molecule has 0 fully saturated rings. The van der Waals surface area contributed by atoms with Crippen molar-refractivity contribution in [3.05, 3.63) is 33.1 Å². The van der Waals surface area contributed by atoms with Gasteiger partial charge in [-0.1, -0.05) is 0 Å². The van der Waals surface area contributed by atoms with Crippen LogP contribution in [0.2, 0.25) is 0 Å². The van der Waals surface area contributed by atoms with Crippen molar-refractivity contribution in [3.63, 3.8) is 0 Å². The molecule has 1 aromatic heterocycles. The lowest BCUT2D eigenvalue weighted by molar-refractivity contribution is 0.335. The quantitative estimate of drug-likeness (QED) is 0.920. The maximum atomic E-state index is 5.89. The molecule has 2 N–H and O–H groups in total. The Morgan fingerprint density at radius 3 is 2.55 bits per heavy atom. The van der Waals surface area contributed by atoms with Gasteiger partial charge in [-0.3, -0.25) is 0 Å². The largest absolute Gasteiger partial charge is 0.493 e. The van der Waals surface area contributed by atoms with Gasteiger partial charge in [-0.25, -0.2) is 4.98 Å². The van der Waals surface area contributed by atoms with Gasteiger partial charge in [0.2, 0.25) is 0 Å². The minimum absolute atomic E-state index is 0.0149. The number of benzene rings is 1. The Balaban J connectivity index is 2.51. The zero-order valence-corrected chi connectivity index (χ0v) is 13.6. The number of aryl methyl sites for hydroxylation is 1. The normalized spacial score (nSPS) is 12.5. The number of rotatable bonds is 4. The molecular weight excluding hydrogens is 268 g/mol. The molecular formula is C16H22N2OS. The fourth-order valence-electron chi connectivity index (χ4n) is 2.31. The fraction of sp³-hybridized carbons (Fsp3) is 0.438. The lowest BCUT2D eigenvalue weighted by Gasteiger charge is -2.16. The summed E-state index contributed by atoms with van der Waals surface area (Å²) < 4.78 is 5.74. The van der Waals surface area contributed by atoms with Crippen molar-refractivity contribution in [2.24, 2.45) is 5.73 Å². The molecule has 0 aliphatic heterocycles. The standard InChI is InChI=1S/C16H22N2OS/c1-6-19-15-9(2)7-13(10(3)11(15)4)14-8-20-16(18-14)12(5)17/h7-8,12H,6,17H2,1-5H3. The van der Waals surface area contributed by atoms with Crippen molar-refractivity contribution < 1.29 is 4.74 Å². The van der Waals surface area contributed by atoms with Crippen molar-refractivity contribution in [3.8, 4) is 17.0 Å². The first-order valence-electron chi connectivity index (χ1n) is 6.90. The van der Waals surface area contributed by atoms with Crippen LogP contribution in [0.25, 0.3) is 11.3 Å². The Bertz CT molecular complexity index is 617. The second kappa shape index (κ2) is 5.94. The molecule has 3 nitrogen and oxygen atoms in total. The SMILES string of the molecule is CCOc1c(C)cc(-c2csc(C(C)N)n2)c(C)c1C. The molecule has 0 bridgehead atoms. The molecule has 0 aliphatic carbocycles. The summed E-state index contributed by atoms with van der Waals surface area (Å²) in [5.74, 6) is 0.997. The Morgan fingerprint density at radius 1 is 1.30 bits per heavy atom. The molecule has 20 heavy (non-hydrogen) atoms. The molecule has 0 aliphatic rings. The number of nitrogens with two attached hydrogens (primary N) is 1. The monoisotopic (exact) mass is 290 g/mol. The molecule has 1 heterocycles. The van der Waals surface area contributed by atoms with Crippen LogP contribution in [0.15, 0.2) is 11.4 Å². The highest BCUT2D eigenvalue weighted by Crippen LogP contribution is 2.35. The van der Waals surface area contributed by atoms with Crippen molar-refractivity contribution in [1.29, 1.82) is 0 Å². The van der Waals surface area contributed by atoms with Gasteiger partial charge in [-0.15, -0.1) is 11.3 Å². The van der Waals surface area contributed by atoms with Crippen LogP contribution in [-0.4, -0.2) is 11.6 Å². The number of ether oxygens (including phenoxy) is 1. The molecule has 0 amide bonds. The van der Waals surface area contributed by atoms with Crippen molar-refractivity contribution in [2.45, 2.75) is 40.7 Å². The number of aromatic nitrogens is 1. The van der Waals surface area contributed by atoms with Gasteiger partial charge in [0.25, 0.3) is 0 Å². The number of thiazole rings is 1. The van der Waals surface area contributed by atoms with Crippen LogP contribution in [0, 0.1) is 20.8 Å². The third-order valence-electron chi connectivity index (χ3n) is 3.50. The van der Waals surface area contributed by atoms with Crippen LogP contribution in [-0.2, 0) is 0 Å². The molecule has 1 unspecified atom stereocenters. The lowest BCUT2D eigenvalue weighted by Crippen LogP contribution is -2.04. The molecule has 108 valence electrons. The molecule has 0 saturated heterocycles. The van der Waals surface area contributed by atoms with E-state index in [0.29, 0.717) is 6.61 Å². The average Bonchev–Trinajstić information content (AvgIpc) is 2.88. The smallest absolute Gasteiger partial charge is 0.125 e. The lowest BCUT2D eigenvalue weighted by atomic mass is 9.97. The first-order chi connectivity index (χ1) is 9.45. The van der Waals surface area contributed by atoms with E-state index in [0.717, 1.165) is 22.0 Å². The Morgan fingerprint density at radius 2 is 2.00 bits per heavy atom. The molecule has 0 saturated carbocycles.